The van der Waals surface area contributed by atoms with Crippen molar-refractivity contribution in [2.75, 3.05) is 9.80 Å². The lowest BCUT2D eigenvalue weighted by atomic mass is 9.82. The van der Waals surface area contributed by atoms with Crippen molar-refractivity contribution in [3.05, 3.63) is 242 Å². The highest BCUT2D eigenvalue weighted by Crippen LogP contribution is 2.53. The first-order chi connectivity index (χ1) is 34.0. The summed E-state index contributed by atoms with van der Waals surface area (Å²) >= 11 is 0. The number of para-hydroxylation sites is 4. The highest BCUT2D eigenvalue weighted by atomic mass is 16.5. The summed E-state index contributed by atoms with van der Waals surface area (Å²) in [6, 6.07) is 82.9. The van der Waals surface area contributed by atoms with E-state index in [4.69, 9.17) is 9.15 Å². The minimum atomic E-state index is -0.113. The molecule has 1 aliphatic carbocycles. The van der Waals surface area contributed by atoms with E-state index in [1.165, 1.54) is 44.0 Å². The lowest BCUT2D eigenvalue weighted by Gasteiger charge is -2.29. The number of benzene rings is 11. The zero-order chi connectivity index (χ0) is 45.8. The molecule has 0 saturated heterocycles. The summed E-state index contributed by atoms with van der Waals surface area (Å²) in [5, 5.41) is 6.91. The summed E-state index contributed by atoms with van der Waals surface area (Å²) in [7, 11) is 0. The predicted octanol–water partition coefficient (Wildman–Crippen LogP) is 18.6. The van der Waals surface area contributed by atoms with Crippen LogP contribution in [0.1, 0.15) is 25.0 Å². The normalized spacial score (nSPS) is 13.0. The Kier molecular flexibility index (Phi) is 8.59. The van der Waals surface area contributed by atoms with Crippen molar-refractivity contribution in [2.24, 2.45) is 0 Å². The summed E-state index contributed by atoms with van der Waals surface area (Å²) in [5.41, 5.74) is 17.9. The van der Waals surface area contributed by atoms with Crippen molar-refractivity contribution in [3.63, 3.8) is 0 Å². The largest absolute Gasteiger partial charge is 0.456 e. The van der Waals surface area contributed by atoms with Gasteiger partial charge in [0.05, 0.1) is 5.69 Å². The number of fused-ring (bicyclic) bond motifs is 10. The number of anilines is 6. The van der Waals surface area contributed by atoms with Crippen molar-refractivity contribution < 1.29 is 9.15 Å². The molecule has 69 heavy (non-hydrogen) atoms. The molecule has 2 heterocycles. The number of nitrogens with zero attached hydrogens (tertiary/aromatic N) is 2. The van der Waals surface area contributed by atoms with Gasteiger partial charge in [-0.1, -0.05) is 147 Å². The molecule has 0 bridgehead atoms. The average molecular weight is 885 g/mol. The molecule has 0 spiro atoms. The van der Waals surface area contributed by atoms with Gasteiger partial charge in [-0.05, 0) is 146 Å². The van der Waals surface area contributed by atoms with E-state index in [0.717, 1.165) is 89.6 Å². The van der Waals surface area contributed by atoms with Crippen molar-refractivity contribution in [2.45, 2.75) is 19.3 Å². The van der Waals surface area contributed by atoms with Gasteiger partial charge in [-0.25, -0.2) is 0 Å². The standard InChI is InChI=1S/C65H44N2O2/c1-65(2)57-23-11-9-19-49(57)50-35-33-47(39-58(50)65)66(44-15-5-3-6-16-44)48-34-36-52-56-38-43-28-27-42(37-55(43)53-21-14-26-61(63(53)56)68-62(52)40-48)41-29-31-46(32-30-41)67(45-17-7-4-8-18-45)59-24-13-22-54-51-20-10-12-25-60(51)69-64(54)59/h3-40H,1-2H3. The van der Waals surface area contributed by atoms with Gasteiger partial charge in [0.2, 0.25) is 0 Å². The molecule has 0 fully saturated rings. The molecule has 2 aliphatic rings. The second-order valence-electron chi connectivity index (χ2n) is 18.9. The van der Waals surface area contributed by atoms with Crippen LogP contribution in [0.5, 0.6) is 11.5 Å². The summed E-state index contributed by atoms with van der Waals surface area (Å²) < 4.78 is 13.5. The van der Waals surface area contributed by atoms with E-state index >= 15 is 0 Å². The Balaban J connectivity index is 0.832. The maximum Gasteiger partial charge on any atom is 0.159 e. The third kappa shape index (κ3) is 6.08. The minimum absolute atomic E-state index is 0.113. The molecule has 1 aromatic heterocycles. The molecule has 326 valence electrons. The highest BCUT2D eigenvalue weighted by molar-refractivity contribution is 6.18. The number of ether oxygens (including phenoxy) is 1. The monoisotopic (exact) mass is 884 g/mol. The maximum atomic E-state index is 6.94. The van der Waals surface area contributed by atoms with Gasteiger partial charge in [0.15, 0.2) is 5.58 Å². The van der Waals surface area contributed by atoms with Crippen LogP contribution in [0.4, 0.5) is 34.1 Å². The van der Waals surface area contributed by atoms with Crippen LogP contribution in [-0.4, -0.2) is 0 Å². The van der Waals surface area contributed by atoms with Crippen LogP contribution in [0, 0.1) is 0 Å². The van der Waals surface area contributed by atoms with Gasteiger partial charge in [0.25, 0.3) is 0 Å². The van der Waals surface area contributed by atoms with Gasteiger partial charge < -0.3 is 19.0 Å². The van der Waals surface area contributed by atoms with Crippen molar-refractivity contribution in [3.8, 4) is 44.9 Å². The first kappa shape index (κ1) is 39.3. The van der Waals surface area contributed by atoms with Crippen LogP contribution < -0.4 is 14.5 Å². The van der Waals surface area contributed by atoms with Gasteiger partial charge in [-0.15, -0.1) is 0 Å². The smallest absolute Gasteiger partial charge is 0.159 e. The number of rotatable bonds is 7. The molecule has 0 atom stereocenters. The summed E-state index contributed by atoms with van der Waals surface area (Å²) in [4.78, 5) is 4.64. The fourth-order valence-electron chi connectivity index (χ4n) is 11.3. The summed E-state index contributed by atoms with van der Waals surface area (Å²) in [5.74, 6) is 1.71. The van der Waals surface area contributed by atoms with E-state index in [2.05, 4.69) is 242 Å². The van der Waals surface area contributed by atoms with E-state index < -0.39 is 0 Å². The second-order valence-corrected chi connectivity index (χ2v) is 18.9. The van der Waals surface area contributed by atoms with E-state index in [1.54, 1.807) is 0 Å². The Morgan fingerprint density at radius 2 is 0.986 bits per heavy atom. The van der Waals surface area contributed by atoms with Crippen molar-refractivity contribution >= 4 is 77.6 Å². The first-order valence-electron chi connectivity index (χ1n) is 23.7. The molecule has 12 aromatic rings. The van der Waals surface area contributed by atoms with E-state index in [0.29, 0.717) is 0 Å². The van der Waals surface area contributed by atoms with E-state index in [1.807, 2.05) is 12.1 Å². The Labute approximate surface area is 400 Å². The molecule has 0 radical (unpaired) electrons. The molecule has 0 saturated carbocycles. The Hall–Kier alpha value is -8.86. The molecular formula is C65H44N2O2. The number of hydrogen-bond donors (Lipinski definition) is 0. The van der Waals surface area contributed by atoms with Gasteiger partial charge in [0, 0.05) is 61.6 Å². The van der Waals surface area contributed by atoms with Crippen LogP contribution in [-0.2, 0) is 5.41 Å². The van der Waals surface area contributed by atoms with Crippen LogP contribution in [0.2, 0.25) is 0 Å². The topological polar surface area (TPSA) is 28.9 Å². The molecule has 11 aromatic carbocycles. The molecule has 14 rings (SSSR count). The molecular weight excluding hydrogens is 841 g/mol. The predicted molar refractivity (Wildman–Crippen MR) is 287 cm³/mol. The quantitative estimate of drug-likeness (QED) is 0.149. The fourth-order valence-corrected chi connectivity index (χ4v) is 11.3. The Bertz CT molecular complexity index is 4020. The van der Waals surface area contributed by atoms with Gasteiger partial charge in [-0.3, -0.25) is 0 Å². The molecule has 4 nitrogen and oxygen atoms in total. The number of hydrogen-bond acceptors (Lipinski definition) is 4. The lowest BCUT2D eigenvalue weighted by molar-refractivity contribution is 0.487. The van der Waals surface area contributed by atoms with E-state index in [9.17, 15) is 0 Å². The number of furan rings is 1. The molecule has 0 unspecified atom stereocenters. The third-order valence-corrected chi connectivity index (χ3v) is 14.6. The third-order valence-electron chi connectivity index (χ3n) is 14.6. The summed E-state index contributed by atoms with van der Waals surface area (Å²) in [6.45, 7) is 4.68. The molecule has 1 aliphatic heterocycles. The van der Waals surface area contributed by atoms with Gasteiger partial charge >= 0.3 is 0 Å². The maximum absolute atomic E-state index is 6.94. The van der Waals surface area contributed by atoms with Crippen LogP contribution in [0.3, 0.4) is 0 Å². The molecule has 0 N–H and O–H groups in total. The second kappa shape index (κ2) is 15.1. The van der Waals surface area contributed by atoms with Crippen LogP contribution in [0.15, 0.2) is 235 Å². The van der Waals surface area contributed by atoms with Crippen LogP contribution >= 0.6 is 0 Å². The Morgan fingerprint density at radius 1 is 0.362 bits per heavy atom. The van der Waals surface area contributed by atoms with Gasteiger partial charge in [-0.2, -0.15) is 0 Å². The average Bonchev–Trinajstić information content (AvgIpc) is 3.89. The van der Waals surface area contributed by atoms with E-state index in [-0.39, 0.29) is 5.41 Å². The summed E-state index contributed by atoms with van der Waals surface area (Å²) in [6.07, 6.45) is 0. The zero-order valence-electron chi connectivity index (χ0n) is 38.2. The van der Waals surface area contributed by atoms with Crippen molar-refractivity contribution in [1.29, 1.82) is 0 Å². The SMILES string of the molecule is CC1(C)c2ccccc2-c2ccc(N(c3ccccc3)c3ccc4c(c3)Oc3cccc5c3c-4cc3ccc(-c4ccc(N(c6ccccc6)c6cccc7c6oc6ccccc67)cc4)cc35)cc21. The van der Waals surface area contributed by atoms with Crippen LogP contribution in [0.25, 0.3) is 76.9 Å². The molecule has 0 amide bonds. The molecule has 4 heteroatoms. The minimum Gasteiger partial charge on any atom is -0.456 e. The first-order valence-corrected chi connectivity index (χ1v) is 23.7. The zero-order valence-corrected chi connectivity index (χ0v) is 38.2. The lowest BCUT2D eigenvalue weighted by Crippen LogP contribution is -2.16. The highest BCUT2D eigenvalue weighted by Gasteiger charge is 2.36. The van der Waals surface area contributed by atoms with Crippen molar-refractivity contribution in [1.82, 2.24) is 0 Å². The van der Waals surface area contributed by atoms with Gasteiger partial charge in [0.1, 0.15) is 17.1 Å². The fraction of sp³-hybridized carbons (Fsp3) is 0.0462. The Morgan fingerprint density at radius 3 is 1.81 bits per heavy atom.